The highest BCUT2D eigenvalue weighted by Crippen LogP contribution is 2.31. The molecule has 3 N–H and O–H groups in total. The summed E-state index contributed by atoms with van der Waals surface area (Å²) in [4.78, 5) is 12.1. The molecular weight excluding hydrogens is 240 g/mol. The predicted octanol–water partition coefficient (Wildman–Crippen LogP) is 2.60. The molecule has 2 rings (SSSR count). The second-order valence-electron chi connectivity index (χ2n) is 5.61. The third-order valence-corrected chi connectivity index (χ3v) is 3.52. The van der Waals surface area contributed by atoms with E-state index in [1.165, 1.54) is 0 Å². The van der Waals surface area contributed by atoms with Gasteiger partial charge in [0.25, 0.3) is 0 Å². The Labute approximate surface area is 114 Å². The van der Waals surface area contributed by atoms with E-state index in [0.29, 0.717) is 0 Å². The zero-order chi connectivity index (χ0) is 14.0. The molecule has 1 fully saturated rings. The van der Waals surface area contributed by atoms with Crippen LogP contribution in [-0.4, -0.2) is 17.6 Å². The van der Waals surface area contributed by atoms with Gasteiger partial charge < -0.3 is 15.8 Å². The van der Waals surface area contributed by atoms with Gasteiger partial charge in [-0.05, 0) is 63.8 Å². The van der Waals surface area contributed by atoms with Gasteiger partial charge in [0, 0.05) is 5.69 Å². The molecule has 1 saturated carbocycles. The van der Waals surface area contributed by atoms with E-state index >= 15 is 0 Å². The Morgan fingerprint density at radius 2 is 2.11 bits per heavy atom. The third-order valence-electron chi connectivity index (χ3n) is 3.52. The van der Waals surface area contributed by atoms with Gasteiger partial charge in [-0.1, -0.05) is 0 Å². The van der Waals surface area contributed by atoms with E-state index in [-0.39, 0.29) is 12.0 Å². The smallest absolute Gasteiger partial charge is 0.244 e. The number of carbonyl (C=O) groups is 1. The van der Waals surface area contributed by atoms with Crippen LogP contribution in [-0.2, 0) is 4.79 Å². The number of amides is 1. The van der Waals surface area contributed by atoms with Crippen LogP contribution in [0.3, 0.4) is 0 Å². The molecular formula is C15H22N2O2. The fourth-order valence-electron chi connectivity index (χ4n) is 2.15. The molecule has 1 aromatic carbocycles. The molecule has 4 nitrogen and oxygen atoms in total. The van der Waals surface area contributed by atoms with Crippen molar-refractivity contribution < 1.29 is 9.53 Å². The lowest BCUT2D eigenvalue weighted by atomic mass is 9.77. The summed E-state index contributed by atoms with van der Waals surface area (Å²) in [6.07, 6.45) is 2.71. The van der Waals surface area contributed by atoms with Crippen molar-refractivity contribution in [3.8, 4) is 5.75 Å². The number of benzene rings is 1. The van der Waals surface area contributed by atoms with Crippen molar-refractivity contribution in [3.63, 3.8) is 0 Å². The van der Waals surface area contributed by atoms with Crippen LogP contribution >= 0.6 is 0 Å². The van der Waals surface area contributed by atoms with Gasteiger partial charge in [-0.25, -0.2) is 0 Å². The minimum atomic E-state index is -0.667. The quantitative estimate of drug-likeness (QED) is 0.876. The lowest BCUT2D eigenvalue weighted by Gasteiger charge is -2.36. The Balaban J connectivity index is 2.07. The second kappa shape index (κ2) is 5.21. The van der Waals surface area contributed by atoms with Crippen molar-refractivity contribution in [3.05, 3.63) is 23.8 Å². The number of hydrogen-bond donors (Lipinski definition) is 2. The number of nitrogens with one attached hydrogen (secondary N) is 1. The van der Waals surface area contributed by atoms with E-state index in [2.05, 4.69) is 5.32 Å². The molecule has 4 heteroatoms. The normalized spacial score (nSPS) is 16.9. The zero-order valence-electron chi connectivity index (χ0n) is 11.8. The van der Waals surface area contributed by atoms with Crippen molar-refractivity contribution in [1.82, 2.24) is 0 Å². The van der Waals surface area contributed by atoms with Gasteiger partial charge in [0.2, 0.25) is 5.91 Å². The minimum Gasteiger partial charge on any atom is -0.491 e. The zero-order valence-corrected chi connectivity index (χ0v) is 11.8. The Hall–Kier alpha value is -1.55. The fraction of sp³-hybridized carbons (Fsp3) is 0.533. The molecule has 0 unspecified atom stereocenters. The van der Waals surface area contributed by atoms with Gasteiger partial charge in [-0.15, -0.1) is 0 Å². The van der Waals surface area contributed by atoms with Crippen molar-refractivity contribution in [2.24, 2.45) is 5.73 Å². The van der Waals surface area contributed by atoms with Crippen LogP contribution in [0.2, 0.25) is 0 Å². The van der Waals surface area contributed by atoms with Crippen LogP contribution in [0.1, 0.15) is 38.7 Å². The number of hydrogen-bond acceptors (Lipinski definition) is 3. The van der Waals surface area contributed by atoms with Crippen LogP contribution in [0.15, 0.2) is 18.2 Å². The lowest BCUT2D eigenvalue weighted by Crippen LogP contribution is -2.56. The standard InChI is InChI=1S/C15H22N2O2/c1-10(2)19-12-5-6-13(11(3)9-12)17-14(18)15(16)7-4-8-15/h5-6,9-10H,4,7-8,16H2,1-3H3,(H,17,18). The summed E-state index contributed by atoms with van der Waals surface area (Å²) in [6.45, 7) is 5.92. The maximum Gasteiger partial charge on any atom is 0.244 e. The Morgan fingerprint density at radius 1 is 1.42 bits per heavy atom. The third kappa shape index (κ3) is 3.07. The molecule has 19 heavy (non-hydrogen) atoms. The molecule has 0 radical (unpaired) electrons. The predicted molar refractivity (Wildman–Crippen MR) is 76.3 cm³/mol. The first-order valence-corrected chi connectivity index (χ1v) is 6.78. The fourth-order valence-corrected chi connectivity index (χ4v) is 2.15. The highest BCUT2D eigenvalue weighted by Gasteiger charge is 2.40. The van der Waals surface area contributed by atoms with Crippen LogP contribution in [0, 0.1) is 6.92 Å². The number of aryl methyl sites for hydroxylation is 1. The van der Waals surface area contributed by atoms with E-state index < -0.39 is 5.54 Å². The van der Waals surface area contributed by atoms with Crippen LogP contribution in [0.25, 0.3) is 0 Å². The molecule has 0 atom stereocenters. The van der Waals surface area contributed by atoms with Crippen LogP contribution in [0.5, 0.6) is 5.75 Å². The summed E-state index contributed by atoms with van der Waals surface area (Å²) in [7, 11) is 0. The molecule has 0 heterocycles. The maximum absolute atomic E-state index is 12.1. The van der Waals surface area contributed by atoms with Crippen molar-refractivity contribution in [2.75, 3.05) is 5.32 Å². The number of carbonyl (C=O) groups excluding carboxylic acids is 1. The van der Waals surface area contributed by atoms with Crippen molar-refractivity contribution >= 4 is 11.6 Å². The summed E-state index contributed by atoms with van der Waals surface area (Å²) in [5.74, 6) is 0.732. The molecule has 0 spiro atoms. The summed E-state index contributed by atoms with van der Waals surface area (Å²) in [5, 5.41) is 2.91. The average molecular weight is 262 g/mol. The summed E-state index contributed by atoms with van der Waals surface area (Å²) in [6, 6.07) is 5.67. The van der Waals surface area contributed by atoms with E-state index in [0.717, 1.165) is 36.3 Å². The van der Waals surface area contributed by atoms with Crippen LogP contribution < -0.4 is 15.8 Å². The molecule has 1 aliphatic rings. The van der Waals surface area contributed by atoms with Crippen molar-refractivity contribution in [2.45, 2.75) is 51.7 Å². The maximum atomic E-state index is 12.1. The van der Waals surface area contributed by atoms with Gasteiger partial charge in [0.05, 0.1) is 11.6 Å². The van der Waals surface area contributed by atoms with E-state index in [1.807, 2.05) is 39.0 Å². The van der Waals surface area contributed by atoms with Crippen molar-refractivity contribution in [1.29, 1.82) is 0 Å². The second-order valence-corrected chi connectivity index (χ2v) is 5.61. The first-order chi connectivity index (χ1) is 8.90. The Bertz CT molecular complexity index is 479. The summed E-state index contributed by atoms with van der Waals surface area (Å²) >= 11 is 0. The Kier molecular flexibility index (Phi) is 3.80. The first kappa shape index (κ1) is 13.9. The number of anilines is 1. The van der Waals surface area contributed by atoms with E-state index in [4.69, 9.17) is 10.5 Å². The average Bonchev–Trinajstić information content (AvgIpc) is 2.28. The highest BCUT2D eigenvalue weighted by atomic mass is 16.5. The molecule has 0 saturated heterocycles. The monoisotopic (exact) mass is 262 g/mol. The lowest BCUT2D eigenvalue weighted by molar-refractivity contribution is -0.123. The van der Waals surface area contributed by atoms with Gasteiger partial charge in [0.1, 0.15) is 5.75 Å². The van der Waals surface area contributed by atoms with Crippen LogP contribution in [0.4, 0.5) is 5.69 Å². The number of nitrogens with two attached hydrogens (primary N) is 1. The molecule has 0 aliphatic heterocycles. The van der Waals surface area contributed by atoms with Gasteiger partial charge in [0.15, 0.2) is 0 Å². The molecule has 0 aromatic heterocycles. The molecule has 104 valence electrons. The van der Waals surface area contributed by atoms with Gasteiger partial charge in [-0.2, -0.15) is 0 Å². The minimum absolute atomic E-state index is 0.0839. The summed E-state index contributed by atoms with van der Waals surface area (Å²) < 4.78 is 5.62. The molecule has 1 amide bonds. The van der Waals surface area contributed by atoms with E-state index in [1.54, 1.807) is 0 Å². The Morgan fingerprint density at radius 3 is 2.58 bits per heavy atom. The molecule has 0 bridgehead atoms. The van der Waals surface area contributed by atoms with Gasteiger partial charge >= 0.3 is 0 Å². The topological polar surface area (TPSA) is 64.3 Å². The van der Waals surface area contributed by atoms with E-state index in [9.17, 15) is 4.79 Å². The highest BCUT2D eigenvalue weighted by molar-refractivity contribution is 5.99. The number of ether oxygens (including phenoxy) is 1. The molecule has 1 aromatic rings. The summed E-state index contributed by atoms with van der Waals surface area (Å²) in [5.41, 5.74) is 7.12. The van der Waals surface area contributed by atoms with Gasteiger partial charge in [-0.3, -0.25) is 4.79 Å². The number of rotatable bonds is 4. The first-order valence-electron chi connectivity index (χ1n) is 6.78. The SMILES string of the molecule is Cc1cc(OC(C)C)ccc1NC(=O)C1(N)CCC1. The molecule has 1 aliphatic carbocycles. The largest absolute Gasteiger partial charge is 0.491 e.